The van der Waals surface area contributed by atoms with E-state index in [2.05, 4.69) is 88.7 Å². The van der Waals surface area contributed by atoms with Crippen LogP contribution in [0.15, 0.2) is 109 Å². The minimum Gasteiger partial charge on any atom is -0.508 e. The predicted octanol–water partition coefficient (Wildman–Crippen LogP) is 5.46. The average molecular weight is 518 g/mol. The van der Waals surface area contributed by atoms with Crippen LogP contribution in [0.1, 0.15) is 21.5 Å². The molecule has 4 N–H and O–H groups in total. The van der Waals surface area contributed by atoms with Crippen LogP contribution in [-0.2, 0) is 12.8 Å². The Labute approximate surface area is 229 Å². The summed E-state index contributed by atoms with van der Waals surface area (Å²) in [4.78, 5) is 13.1. The number of aromatic hydroxyl groups is 1. The van der Waals surface area contributed by atoms with Crippen LogP contribution >= 0.6 is 0 Å². The van der Waals surface area contributed by atoms with E-state index in [0.29, 0.717) is 18.5 Å². The summed E-state index contributed by atoms with van der Waals surface area (Å²) in [6.07, 6.45) is 1.57. The van der Waals surface area contributed by atoms with E-state index in [1.165, 1.54) is 44.8 Å². The Hall–Kier alpha value is -4.19. The fraction of sp³-hybridized carbons (Fsp3) is 0.206. The van der Waals surface area contributed by atoms with Crippen molar-refractivity contribution < 1.29 is 9.90 Å². The maximum atomic E-state index is 13.1. The van der Waals surface area contributed by atoms with Crippen molar-refractivity contribution in [2.75, 3.05) is 20.1 Å². The topological polar surface area (TPSA) is 73.4 Å². The quantitative estimate of drug-likeness (QED) is 0.188. The number of hydrogen-bond donors (Lipinski definition) is 4. The molecule has 5 aromatic rings. The summed E-state index contributed by atoms with van der Waals surface area (Å²) in [5, 5.41) is 24.8. The number of benzene rings is 5. The summed E-state index contributed by atoms with van der Waals surface area (Å²) in [5.74, 6) is -0.00758. The van der Waals surface area contributed by atoms with Crippen molar-refractivity contribution in [3.05, 3.63) is 126 Å². The van der Waals surface area contributed by atoms with Crippen molar-refractivity contribution >= 4 is 27.5 Å². The van der Waals surface area contributed by atoms with Gasteiger partial charge in [0.15, 0.2) is 0 Å². The number of hydrogen-bond acceptors (Lipinski definition) is 4. The molecular weight excluding hydrogens is 482 g/mol. The van der Waals surface area contributed by atoms with Crippen molar-refractivity contribution in [2.45, 2.75) is 24.9 Å². The van der Waals surface area contributed by atoms with Gasteiger partial charge < -0.3 is 21.1 Å². The molecule has 5 heteroatoms. The fourth-order valence-electron chi connectivity index (χ4n) is 5.13. The molecule has 0 unspecified atom stereocenters. The van der Waals surface area contributed by atoms with Gasteiger partial charge in [-0.05, 0) is 76.8 Å². The molecule has 0 fully saturated rings. The Bertz CT molecular complexity index is 1550. The van der Waals surface area contributed by atoms with Gasteiger partial charge in [0, 0.05) is 30.7 Å². The number of likely N-dealkylation sites (N-methyl/N-ethyl adjacent to an activating group) is 1. The highest BCUT2D eigenvalue weighted by molar-refractivity contribution is 5.94. The van der Waals surface area contributed by atoms with Gasteiger partial charge in [-0.25, -0.2) is 0 Å². The smallest absolute Gasteiger partial charge is 0.251 e. The highest BCUT2D eigenvalue weighted by atomic mass is 16.3. The first-order chi connectivity index (χ1) is 19.1. The van der Waals surface area contributed by atoms with Crippen molar-refractivity contribution in [2.24, 2.45) is 0 Å². The second-order valence-corrected chi connectivity index (χ2v) is 10.2. The Morgan fingerprint density at radius 3 is 1.77 bits per heavy atom. The number of carbonyl (C=O) groups excluding carboxylic acids is 1. The summed E-state index contributed by atoms with van der Waals surface area (Å²) in [6.45, 7) is 1.43. The second kappa shape index (κ2) is 12.6. The van der Waals surface area contributed by atoms with Crippen LogP contribution in [0.3, 0.4) is 0 Å². The number of phenolic OH excluding ortho intramolecular Hbond substituents is 1. The van der Waals surface area contributed by atoms with Gasteiger partial charge in [-0.1, -0.05) is 84.9 Å². The Kier molecular flexibility index (Phi) is 8.51. The standard InChI is InChI=1S/C34H35N3O2/c1-35-22-31(20-24-10-12-26-6-2-4-8-29(26)18-24)36-23-32(37-34(39)28-14-16-33(38)17-15-28)21-25-11-13-27-7-3-5-9-30(27)19-25/h2-19,31-32,35-36,38H,20-23H2,1H3,(H,37,39)/t31-,32-/m1/s1. The van der Waals surface area contributed by atoms with Gasteiger partial charge in [0.05, 0.1) is 0 Å². The first kappa shape index (κ1) is 26.4. The second-order valence-electron chi connectivity index (χ2n) is 10.2. The molecule has 198 valence electrons. The fourth-order valence-corrected chi connectivity index (χ4v) is 5.13. The van der Waals surface area contributed by atoms with Crippen LogP contribution in [0.4, 0.5) is 0 Å². The summed E-state index contributed by atoms with van der Waals surface area (Å²) in [7, 11) is 1.97. The molecule has 0 spiro atoms. The lowest BCUT2D eigenvalue weighted by molar-refractivity contribution is 0.0935. The molecule has 5 rings (SSSR count). The van der Waals surface area contributed by atoms with Gasteiger partial charge >= 0.3 is 0 Å². The number of fused-ring (bicyclic) bond motifs is 2. The average Bonchev–Trinajstić information content (AvgIpc) is 2.96. The van der Waals surface area contributed by atoms with Gasteiger partial charge in [-0.15, -0.1) is 0 Å². The Morgan fingerprint density at radius 2 is 1.21 bits per heavy atom. The molecule has 0 saturated heterocycles. The molecule has 2 atom stereocenters. The van der Waals surface area contributed by atoms with E-state index in [0.717, 1.165) is 13.0 Å². The zero-order valence-electron chi connectivity index (χ0n) is 22.2. The van der Waals surface area contributed by atoms with E-state index in [-0.39, 0.29) is 23.7 Å². The molecule has 0 saturated carbocycles. The van der Waals surface area contributed by atoms with E-state index in [4.69, 9.17) is 0 Å². The summed E-state index contributed by atoms with van der Waals surface area (Å²) in [6, 6.07) is 36.3. The molecule has 5 nitrogen and oxygen atoms in total. The number of nitrogens with one attached hydrogen (secondary N) is 3. The first-order valence-corrected chi connectivity index (χ1v) is 13.5. The molecule has 0 heterocycles. The van der Waals surface area contributed by atoms with Crippen molar-refractivity contribution in [3.8, 4) is 5.75 Å². The summed E-state index contributed by atoms with van der Waals surface area (Å²) >= 11 is 0. The number of amides is 1. The highest BCUT2D eigenvalue weighted by Gasteiger charge is 2.18. The maximum Gasteiger partial charge on any atom is 0.251 e. The van der Waals surface area contributed by atoms with Crippen molar-refractivity contribution in [1.82, 2.24) is 16.0 Å². The Morgan fingerprint density at radius 1 is 0.667 bits per heavy atom. The lowest BCUT2D eigenvalue weighted by Gasteiger charge is -2.25. The van der Waals surface area contributed by atoms with Gasteiger partial charge in [0.1, 0.15) is 5.75 Å². The molecule has 0 aliphatic rings. The first-order valence-electron chi connectivity index (χ1n) is 13.5. The van der Waals surface area contributed by atoms with Crippen LogP contribution < -0.4 is 16.0 Å². The molecule has 5 aromatic carbocycles. The van der Waals surface area contributed by atoms with Crippen LogP contribution in [0.5, 0.6) is 5.75 Å². The third-order valence-electron chi connectivity index (χ3n) is 7.16. The summed E-state index contributed by atoms with van der Waals surface area (Å²) < 4.78 is 0. The molecular formula is C34H35N3O2. The van der Waals surface area contributed by atoms with Crippen LogP contribution in [0.2, 0.25) is 0 Å². The van der Waals surface area contributed by atoms with E-state index in [1.54, 1.807) is 12.1 Å². The minimum atomic E-state index is -0.151. The number of carbonyl (C=O) groups is 1. The zero-order chi connectivity index (χ0) is 27.0. The maximum absolute atomic E-state index is 13.1. The van der Waals surface area contributed by atoms with Crippen molar-refractivity contribution in [3.63, 3.8) is 0 Å². The van der Waals surface area contributed by atoms with Gasteiger partial charge in [0.2, 0.25) is 0 Å². The molecule has 0 bridgehead atoms. The monoisotopic (exact) mass is 517 g/mol. The molecule has 1 amide bonds. The molecule has 0 aromatic heterocycles. The Balaban J connectivity index is 1.32. The van der Waals surface area contributed by atoms with E-state index >= 15 is 0 Å². The summed E-state index contributed by atoms with van der Waals surface area (Å²) in [5.41, 5.74) is 2.98. The number of phenols is 1. The van der Waals surface area contributed by atoms with Gasteiger partial charge in [0.25, 0.3) is 5.91 Å². The SMILES string of the molecule is CNC[C@@H](Cc1ccc2ccccc2c1)NC[C@@H](Cc1ccc2ccccc2c1)NC(=O)c1ccc(O)cc1. The lowest BCUT2D eigenvalue weighted by Crippen LogP contribution is -2.48. The molecule has 0 aliphatic carbocycles. The highest BCUT2D eigenvalue weighted by Crippen LogP contribution is 2.19. The minimum absolute atomic E-state index is 0.122. The third kappa shape index (κ3) is 7.02. The van der Waals surface area contributed by atoms with Crippen LogP contribution in [0, 0.1) is 0 Å². The molecule has 0 radical (unpaired) electrons. The largest absolute Gasteiger partial charge is 0.508 e. The van der Waals surface area contributed by atoms with E-state index < -0.39 is 0 Å². The van der Waals surface area contributed by atoms with Crippen LogP contribution in [-0.4, -0.2) is 43.2 Å². The molecule has 0 aliphatic heterocycles. The van der Waals surface area contributed by atoms with E-state index in [9.17, 15) is 9.90 Å². The van der Waals surface area contributed by atoms with Gasteiger partial charge in [-0.3, -0.25) is 4.79 Å². The third-order valence-corrected chi connectivity index (χ3v) is 7.16. The number of rotatable bonds is 11. The van der Waals surface area contributed by atoms with E-state index in [1.807, 2.05) is 19.2 Å². The zero-order valence-corrected chi connectivity index (χ0v) is 22.2. The van der Waals surface area contributed by atoms with Crippen molar-refractivity contribution in [1.29, 1.82) is 0 Å². The predicted molar refractivity (Wildman–Crippen MR) is 160 cm³/mol. The molecule has 39 heavy (non-hydrogen) atoms. The normalized spacial score (nSPS) is 12.8. The van der Waals surface area contributed by atoms with Crippen LogP contribution in [0.25, 0.3) is 21.5 Å². The van der Waals surface area contributed by atoms with Gasteiger partial charge in [-0.2, -0.15) is 0 Å². The lowest BCUT2D eigenvalue weighted by atomic mass is 9.99.